The summed E-state index contributed by atoms with van der Waals surface area (Å²) in [6, 6.07) is 11.6. The summed E-state index contributed by atoms with van der Waals surface area (Å²) in [6.45, 7) is 4.09. The SMILES string of the molecule is CCc1c(C)nc(-c2ccc(Cl)s2)nc1Nc1ccc(CC(=O)NC)cc1. The number of carbonyl (C=O) groups excluding carboxylic acids is 1. The van der Waals surface area contributed by atoms with Crippen molar-refractivity contribution in [2.24, 2.45) is 0 Å². The number of aryl methyl sites for hydroxylation is 1. The molecule has 2 heterocycles. The molecule has 0 bridgehead atoms. The predicted octanol–water partition coefficient (Wildman–Crippen LogP) is 4.76. The van der Waals surface area contributed by atoms with E-state index in [1.165, 1.54) is 11.3 Å². The van der Waals surface area contributed by atoms with E-state index in [4.69, 9.17) is 16.6 Å². The van der Waals surface area contributed by atoms with Crippen LogP contribution in [0.15, 0.2) is 36.4 Å². The Morgan fingerprint density at radius 3 is 2.48 bits per heavy atom. The molecule has 140 valence electrons. The molecule has 0 aliphatic carbocycles. The molecule has 2 aromatic heterocycles. The van der Waals surface area contributed by atoms with Crippen LogP contribution in [0.3, 0.4) is 0 Å². The van der Waals surface area contributed by atoms with Crippen LogP contribution >= 0.6 is 22.9 Å². The van der Waals surface area contributed by atoms with Crippen LogP contribution in [0.1, 0.15) is 23.7 Å². The number of anilines is 2. The largest absolute Gasteiger partial charge is 0.359 e. The molecule has 0 spiro atoms. The number of benzene rings is 1. The van der Waals surface area contributed by atoms with E-state index in [0.717, 1.165) is 39.6 Å². The maximum absolute atomic E-state index is 11.5. The molecule has 27 heavy (non-hydrogen) atoms. The van der Waals surface area contributed by atoms with E-state index in [1.54, 1.807) is 7.05 Å². The van der Waals surface area contributed by atoms with Gasteiger partial charge < -0.3 is 10.6 Å². The van der Waals surface area contributed by atoms with Crippen molar-refractivity contribution in [3.63, 3.8) is 0 Å². The van der Waals surface area contributed by atoms with Crippen molar-refractivity contribution >= 4 is 40.4 Å². The fraction of sp³-hybridized carbons (Fsp3) is 0.250. The van der Waals surface area contributed by atoms with Crippen molar-refractivity contribution < 1.29 is 4.79 Å². The highest BCUT2D eigenvalue weighted by Crippen LogP contribution is 2.31. The number of thiophene rings is 1. The molecule has 3 rings (SSSR count). The smallest absolute Gasteiger partial charge is 0.224 e. The summed E-state index contributed by atoms with van der Waals surface area (Å²) in [5.74, 6) is 1.46. The molecule has 0 atom stereocenters. The van der Waals surface area contributed by atoms with Crippen molar-refractivity contribution in [1.82, 2.24) is 15.3 Å². The molecule has 0 saturated heterocycles. The van der Waals surface area contributed by atoms with Gasteiger partial charge >= 0.3 is 0 Å². The summed E-state index contributed by atoms with van der Waals surface area (Å²) in [5, 5.41) is 6.03. The zero-order chi connectivity index (χ0) is 19.4. The van der Waals surface area contributed by atoms with Crippen LogP contribution in [0, 0.1) is 6.92 Å². The highest BCUT2D eigenvalue weighted by Gasteiger charge is 2.13. The van der Waals surface area contributed by atoms with Gasteiger partial charge in [-0.25, -0.2) is 9.97 Å². The molecule has 0 aliphatic heterocycles. The molecule has 0 saturated carbocycles. The van der Waals surface area contributed by atoms with Crippen LogP contribution in [0.25, 0.3) is 10.7 Å². The molecule has 7 heteroatoms. The van der Waals surface area contributed by atoms with Crippen LogP contribution in [0.4, 0.5) is 11.5 Å². The summed E-state index contributed by atoms with van der Waals surface area (Å²) in [4.78, 5) is 21.8. The van der Waals surface area contributed by atoms with E-state index in [9.17, 15) is 4.79 Å². The minimum atomic E-state index is -0.00495. The van der Waals surface area contributed by atoms with Gasteiger partial charge in [0, 0.05) is 24.0 Å². The van der Waals surface area contributed by atoms with Gasteiger partial charge in [-0.15, -0.1) is 11.3 Å². The fourth-order valence-corrected chi connectivity index (χ4v) is 3.76. The average molecular weight is 401 g/mol. The Hall–Kier alpha value is -2.44. The number of aromatic nitrogens is 2. The molecule has 1 amide bonds. The third-order valence-electron chi connectivity index (χ3n) is 4.22. The van der Waals surface area contributed by atoms with Gasteiger partial charge in [0.1, 0.15) is 5.82 Å². The fourth-order valence-electron chi connectivity index (χ4n) is 2.78. The topological polar surface area (TPSA) is 66.9 Å². The standard InChI is InChI=1S/C20H21ClN4OS/c1-4-15-12(2)23-20(16-9-10-17(21)27-16)25-19(15)24-14-7-5-13(6-8-14)11-18(26)22-3/h5-10H,4,11H2,1-3H3,(H,22,26)(H,23,24,25). The van der Waals surface area contributed by atoms with E-state index in [-0.39, 0.29) is 5.91 Å². The number of hydrogen-bond acceptors (Lipinski definition) is 5. The monoisotopic (exact) mass is 400 g/mol. The second-order valence-corrected chi connectivity index (χ2v) is 7.80. The molecule has 0 aliphatic rings. The van der Waals surface area contributed by atoms with Gasteiger partial charge in [-0.05, 0) is 43.2 Å². The van der Waals surface area contributed by atoms with Gasteiger partial charge in [0.2, 0.25) is 5.91 Å². The molecule has 3 aromatic rings. The lowest BCUT2D eigenvalue weighted by molar-refractivity contribution is -0.119. The normalized spacial score (nSPS) is 10.7. The first kappa shape index (κ1) is 19.3. The maximum Gasteiger partial charge on any atom is 0.224 e. The number of carbonyl (C=O) groups is 1. The van der Waals surface area contributed by atoms with Crippen LogP contribution < -0.4 is 10.6 Å². The predicted molar refractivity (Wildman–Crippen MR) is 112 cm³/mol. The zero-order valence-electron chi connectivity index (χ0n) is 15.5. The van der Waals surface area contributed by atoms with E-state index < -0.39 is 0 Å². The maximum atomic E-state index is 11.5. The van der Waals surface area contributed by atoms with Crippen LogP contribution in [0.5, 0.6) is 0 Å². The summed E-state index contributed by atoms with van der Waals surface area (Å²) in [5.41, 5.74) is 3.91. The Morgan fingerprint density at radius 2 is 1.89 bits per heavy atom. The summed E-state index contributed by atoms with van der Waals surface area (Å²) in [7, 11) is 1.64. The van der Waals surface area contributed by atoms with Gasteiger partial charge in [0.05, 0.1) is 15.6 Å². The quantitative estimate of drug-likeness (QED) is 0.625. The molecule has 0 radical (unpaired) electrons. The lowest BCUT2D eigenvalue weighted by atomic mass is 10.1. The van der Waals surface area contributed by atoms with E-state index >= 15 is 0 Å². The molecule has 2 N–H and O–H groups in total. The Morgan fingerprint density at radius 1 is 1.15 bits per heavy atom. The second-order valence-electron chi connectivity index (χ2n) is 6.09. The summed E-state index contributed by atoms with van der Waals surface area (Å²) < 4.78 is 0.715. The van der Waals surface area contributed by atoms with Gasteiger partial charge in [0.15, 0.2) is 5.82 Å². The minimum Gasteiger partial charge on any atom is -0.359 e. The number of nitrogens with zero attached hydrogens (tertiary/aromatic N) is 2. The number of amides is 1. The first-order valence-electron chi connectivity index (χ1n) is 8.70. The molecular formula is C20H21ClN4OS. The van der Waals surface area contributed by atoms with Crippen molar-refractivity contribution in [3.8, 4) is 10.7 Å². The van der Waals surface area contributed by atoms with E-state index in [1.807, 2.05) is 43.3 Å². The van der Waals surface area contributed by atoms with Crippen molar-refractivity contribution in [2.45, 2.75) is 26.7 Å². The van der Waals surface area contributed by atoms with E-state index in [2.05, 4.69) is 22.5 Å². The number of halogens is 1. The van der Waals surface area contributed by atoms with Crippen LogP contribution in [0.2, 0.25) is 4.34 Å². The van der Waals surface area contributed by atoms with Gasteiger partial charge in [-0.3, -0.25) is 4.79 Å². The first-order chi connectivity index (χ1) is 13.0. The summed E-state index contributed by atoms with van der Waals surface area (Å²) >= 11 is 7.52. The third-order valence-corrected chi connectivity index (χ3v) is 5.45. The molecular weight excluding hydrogens is 380 g/mol. The van der Waals surface area contributed by atoms with Gasteiger partial charge in [-0.1, -0.05) is 30.7 Å². The number of nitrogens with one attached hydrogen (secondary N) is 2. The van der Waals surface area contributed by atoms with E-state index in [0.29, 0.717) is 16.6 Å². The Labute approximate surface area is 167 Å². The first-order valence-corrected chi connectivity index (χ1v) is 9.89. The lowest BCUT2D eigenvalue weighted by Gasteiger charge is -2.14. The Balaban J connectivity index is 1.89. The van der Waals surface area contributed by atoms with Crippen molar-refractivity contribution in [3.05, 3.63) is 57.6 Å². The highest BCUT2D eigenvalue weighted by molar-refractivity contribution is 7.19. The van der Waals surface area contributed by atoms with Crippen molar-refractivity contribution in [1.29, 1.82) is 0 Å². The van der Waals surface area contributed by atoms with Gasteiger partial charge in [-0.2, -0.15) is 0 Å². The lowest BCUT2D eigenvalue weighted by Crippen LogP contribution is -2.19. The molecule has 0 fully saturated rings. The number of rotatable bonds is 6. The number of likely N-dealkylation sites (N-methyl/N-ethyl adjacent to an activating group) is 1. The molecule has 5 nitrogen and oxygen atoms in total. The minimum absolute atomic E-state index is 0.00495. The Bertz CT molecular complexity index is 953. The number of hydrogen-bond donors (Lipinski definition) is 2. The van der Waals surface area contributed by atoms with Gasteiger partial charge in [0.25, 0.3) is 0 Å². The highest BCUT2D eigenvalue weighted by atomic mass is 35.5. The third kappa shape index (κ3) is 4.64. The van der Waals surface area contributed by atoms with Crippen LogP contribution in [-0.4, -0.2) is 22.9 Å². The van der Waals surface area contributed by atoms with Crippen LogP contribution in [-0.2, 0) is 17.6 Å². The zero-order valence-corrected chi connectivity index (χ0v) is 17.0. The molecule has 0 unspecified atom stereocenters. The van der Waals surface area contributed by atoms with Crippen molar-refractivity contribution in [2.75, 3.05) is 12.4 Å². The summed E-state index contributed by atoms with van der Waals surface area (Å²) in [6.07, 6.45) is 1.20. The average Bonchev–Trinajstić information content (AvgIpc) is 3.09. The Kier molecular flexibility index (Phi) is 6.08. The molecule has 1 aromatic carbocycles. The second kappa shape index (κ2) is 8.50.